The second kappa shape index (κ2) is 4.66. The molecule has 2 heterocycles. The first-order valence-electron chi connectivity index (χ1n) is 5.73. The lowest BCUT2D eigenvalue weighted by atomic mass is 9.95. The number of hydrogen-bond acceptors (Lipinski definition) is 2. The third kappa shape index (κ3) is 2.72. The largest absolute Gasteiger partial charge is 0.317 e. The van der Waals surface area contributed by atoms with Crippen LogP contribution in [0, 0.1) is 12.8 Å². The molecule has 1 aromatic heterocycles. The van der Waals surface area contributed by atoms with Crippen LogP contribution in [-0.4, -0.2) is 22.9 Å². The average molecular weight is 209 g/mol. The maximum absolute atomic E-state index is 11.4. The Hall–Kier alpha value is -1.03. The number of piperidine rings is 1. The highest BCUT2D eigenvalue weighted by atomic mass is 16.1. The van der Waals surface area contributed by atoms with Crippen LogP contribution in [-0.2, 0) is 6.54 Å². The highest BCUT2D eigenvalue weighted by Gasteiger charge is 2.13. The van der Waals surface area contributed by atoms with E-state index in [0.29, 0.717) is 0 Å². The summed E-state index contributed by atoms with van der Waals surface area (Å²) in [7, 11) is 0. The van der Waals surface area contributed by atoms with Crippen molar-refractivity contribution in [3.05, 3.63) is 22.1 Å². The van der Waals surface area contributed by atoms with Gasteiger partial charge in [0.15, 0.2) is 0 Å². The molecule has 0 atom stereocenters. The summed E-state index contributed by atoms with van der Waals surface area (Å²) in [5.74, 6) is 0.779. The summed E-state index contributed by atoms with van der Waals surface area (Å²) in [5.41, 5.74) is 1.05. The summed E-state index contributed by atoms with van der Waals surface area (Å²) in [6.07, 6.45) is 3.60. The molecule has 84 valence electrons. The maximum atomic E-state index is 11.4. The van der Waals surface area contributed by atoms with Gasteiger partial charge in [0.1, 0.15) is 0 Å². The number of aromatic nitrogens is 2. The number of nitrogens with one attached hydrogen (secondary N) is 2. The number of nitrogens with zero attached hydrogens (tertiary/aromatic N) is 1. The molecule has 1 aliphatic rings. The predicted molar refractivity (Wildman–Crippen MR) is 60.0 cm³/mol. The molecular weight excluding hydrogens is 190 g/mol. The van der Waals surface area contributed by atoms with E-state index in [0.717, 1.165) is 37.7 Å². The first-order valence-corrected chi connectivity index (χ1v) is 5.73. The van der Waals surface area contributed by atoms with Crippen LogP contribution in [0.2, 0.25) is 0 Å². The zero-order valence-electron chi connectivity index (χ0n) is 9.25. The molecular formula is C11H19N3O. The van der Waals surface area contributed by atoms with Crippen LogP contribution in [0.25, 0.3) is 0 Å². The van der Waals surface area contributed by atoms with Crippen LogP contribution < -0.4 is 10.9 Å². The van der Waals surface area contributed by atoms with Crippen molar-refractivity contribution in [2.45, 2.75) is 32.7 Å². The smallest absolute Gasteiger partial charge is 0.266 e. The van der Waals surface area contributed by atoms with E-state index in [-0.39, 0.29) is 5.56 Å². The van der Waals surface area contributed by atoms with Gasteiger partial charge in [0.25, 0.3) is 5.56 Å². The lowest BCUT2D eigenvalue weighted by Gasteiger charge is -2.22. The van der Waals surface area contributed by atoms with E-state index in [4.69, 9.17) is 0 Å². The van der Waals surface area contributed by atoms with Crippen molar-refractivity contribution in [3.63, 3.8) is 0 Å². The van der Waals surface area contributed by atoms with Crippen LogP contribution in [0.1, 0.15) is 25.0 Å². The summed E-state index contributed by atoms with van der Waals surface area (Å²) in [4.78, 5) is 11.4. The normalized spacial score (nSPS) is 18.2. The molecule has 2 rings (SSSR count). The minimum Gasteiger partial charge on any atom is -0.317 e. The summed E-state index contributed by atoms with van der Waals surface area (Å²) < 4.78 is 1.72. The van der Waals surface area contributed by atoms with Crippen LogP contribution in [0.15, 0.2) is 10.9 Å². The lowest BCUT2D eigenvalue weighted by Crippen LogP contribution is -2.29. The Kier molecular flexibility index (Phi) is 3.26. The number of H-pyrrole nitrogens is 1. The van der Waals surface area contributed by atoms with Gasteiger partial charge < -0.3 is 10.4 Å². The van der Waals surface area contributed by atoms with Gasteiger partial charge in [-0.05, 0) is 45.2 Å². The highest BCUT2D eigenvalue weighted by molar-refractivity contribution is 4.95. The summed E-state index contributed by atoms with van der Waals surface area (Å²) in [6.45, 7) is 5.01. The Labute approximate surface area is 89.7 Å². The lowest BCUT2D eigenvalue weighted by molar-refractivity contribution is 0.330. The second-order valence-corrected chi connectivity index (χ2v) is 4.41. The fourth-order valence-electron chi connectivity index (χ4n) is 2.21. The van der Waals surface area contributed by atoms with E-state index < -0.39 is 0 Å². The standard InChI is InChI=1S/C11H19N3O/c1-9-8-11(15)14(13-9)7-4-10-2-5-12-6-3-10/h8,10,12-13H,2-7H2,1H3. The highest BCUT2D eigenvalue weighted by Crippen LogP contribution is 2.15. The quantitative estimate of drug-likeness (QED) is 0.776. The molecule has 0 radical (unpaired) electrons. The van der Waals surface area contributed by atoms with Crippen LogP contribution in [0.3, 0.4) is 0 Å². The first kappa shape index (κ1) is 10.5. The second-order valence-electron chi connectivity index (χ2n) is 4.41. The number of aryl methyl sites for hydroxylation is 2. The van der Waals surface area contributed by atoms with Gasteiger partial charge in [0.2, 0.25) is 0 Å². The molecule has 4 heteroatoms. The maximum Gasteiger partial charge on any atom is 0.266 e. The molecule has 1 aliphatic heterocycles. The molecule has 0 amide bonds. The Bertz CT molecular complexity index is 360. The summed E-state index contributed by atoms with van der Waals surface area (Å²) in [6, 6.07) is 1.66. The van der Waals surface area contributed by atoms with Crippen LogP contribution in [0.5, 0.6) is 0 Å². The van der Waals surface area contributed by atoms with E-state index in [9.17, 15) is 4.79 Å². The van der Waals surface area contributed by atoms with Crippen molar-refractivity contribution in [2.75, 3.05) is 13.1 Å². The molecule has 4 nitrogen and oxygen atoms in total. The van der Waals surface area contributed by atoms with E-state index in [1.165, 1.54) is 12.8 Å². The first-order chi connectivity index (χ1) is 7.25. The fourth-order valence-corrected chi connectivity index (χ4v) is 2.21. The molecule has 0 bridgehead atoms. The minimum absolute atomic E-state index is 0.0986. The van der Waals surface area contributed by atoms with E-state index >= 15 is 0 Å². The van der Waals surface area contributed by atoms with Gasteiger partial charge >= 0.3 is 0 Å². The number of rotatable bonds is 3. The zero-order valence-corrected chi connectivity index (χ0v) is 9.25. The Morgan fingerprint density at radius 3 is 2.80 bits per heavy atom. The third-order valence-corrected chi connectivity index (χ3v) is 3.14. The monoisotopic (exact) mass is 209 g/mol. The molecule has 0 aromatic carbocycles. The Balaban J connectivity index is 1.87. The van der Waals surface area contributed by atoms with Gasteiger partial charge in [-0.3, -0.25) is 9.48 Å². The van der Waals surface area contributed by atoms with Crippen molar-refractivity contribution in [2.24, 2.45) is 5.92 Å². The van der Waals surface area contributed by atoms with Crippen molar-refractivity contribution in [3.8, 4) is 0 Å². The zero-order chi connectivity index (χ0) is 10.7. The van der Waals surface area contributed by atoms with Crippen LogP contribution >= 0.6 is 0 Å². The van der Waals surface area contributed by atoms with Crippen molar-refractivity contribution < 1.29 is 0 Å². The molecule has 15 heavy (non-hydrogen) atoms. The molecule has 0 saturated carbocycles. The van der Waals surface area contributed by atoms with Crippen molar-refractivity contribution >= 4 is 0 Å². The van der Waals surface area contributed by atoms with Gasteiger partial charge in [-0.1, -0.05) is 0 Å². The van der Waals surface area contributed by atoms with E-state index in [1.807, 2.05) is 6.92 Å². The number of hydrogen-bond donors (Lipinski definition) is 2. The Morgan fingerprint density at radius 1 is 1.47 bits per heavy atom. The van der Waals surface area contributed by atoms with Gasteiger partial charge in [-0.2, -0.15) is 0 Å². The van der Waals surface area contributed by atoms with Gasteiger partial charge in [0, 0.05) is 18.3 Å². The van der Waals surface area contributed by atoms with Crippen LogP contribution in [0.4, 0.5) is 0 Å². The van der Waals surface area contributed by atoms with E-state index in [2.05, 4.69) is 10.4 Å². The molecule has 1 fully saturated rings. The van der Waals surface area contributed by atoms with Crippen molar-refractivity contribution in [1.29, 1.82) is 0 Å². The molecule has 0 spiro atoms. The molecule has 1 aromatic rings. The minimum atomic E-state index is 0.0986. The Morgan fingerprint density at radius 2 is 2.20 bits per heavy atom. The van der Waals surface area contributed by atoms with Gasteiger partial charge in [-0.25, -0.2) is 0 Å². The topological polar surface area (TPSA) is 49.8 Å². The van der Waals surface area contributed by atoms with Gasteiger partial charge in [-0.15, -0.1) is 0 Å². The predicted octanol–water partition coefficient (Wildman–Crippen LogP) is 0.875. The third-order valence-electron chi connectivity index (χ3n) is 3.14. The SMILES string of the molecule is Cc1cc(=O)n(CCC2CCNCC2)[nH]1. The summed E-state index contributed by atoms with van der Waals surface area (Å²) >= 11 is 0. The molecule has 0 unspecified atom stereocenters. The number of aromatic amines is 1. The van der Waals surface area contributed by atoms with Gasteiger partial charge in [0.05, 0.1) is 0 Å². The van der Waals surface area contributed by atoms with Crippen molar-refractivity contribution in [1.82, 2.24) is 15.1 Å². The molecule has 0 aliphatic carbocycles. The average Bonchev–Trinajstić information content (AvgIpc) is 2.56. The summed E-state index contributed by atoms with van der Waals surface area (Å²) in [5, 5.41) is 6.42. The molecule has 2 N–H and O–H groups in total. The van der Waals surface area contributed by atoms with E-state index in [1.54, 1.807) is 10.7 Å². The molecule has 1 saturated heterocycles. The fraction of sp³-hybridized carbons (Fsp3) is 0.727.